The number of hydrogen-bond donors (Lipinski definition) is 2. The van der Waals surface area contributed by atoms with Crippen LogP contribution >= 0.6 is 23.2 Å². The molecule has 0 fully saturated rings. The summed E-state index contributed by atoms with van der Waals surface area (Å²) in [7, 11) is 0. The van der Waals surface area contributed by atoms with Gasteiger partial charge in [-0.1, -0.05) is 29.3 Å². The van der Waals surface area contributed by atoms with E-state index in [1.54, 1.807) is 18.2 Å². The molecule has 0 heterocycles. The van der Waals surface area contributed by atoms with Crippen molar-refractivity contribution in [3.8, 4) is 0 Å². The minimum absolute atomic E-state index is 0.00691. The summed E-state index contributed by atoms with van der Waals surface area (Å²) in [4.78, 5) is 11.5. The molecule has 3 N–H and O–H groups in total. The largest absolute Gasteiger partial charge is 0.328 e. The van der Waals surface area contributed by atoms with Gasteiger partial charge in [-0.3, -0.25) is 4.79 Å². The zero-order valence-electron chi connectivity index (χ0n) is 8.97. The standard InChI is InChI=1S/C11H14Cl2N2O/c1-7(14)5-6-10(16)15-11-8(12)3-2-4-9(11)13/h2-4,7H,5-6,14H2,1H3,(H,15,16). The van der Waals surface area contributed by atoms with Crippen LogP contribution in [0.15, 0.2) is 18.2 Å². The van der Waals surface area contributed by atoms with Crippen molar-refractivity contribution in [2.45, 2.75) is 25.8 Å². The van der Waals surface area contributed by atoms with Crippen molar-refractivity contribution in [2.75, 3.05) is 5.32 Å². The van der Waals surface area contributed by atoms with E-state index in [2.05, 4.69) is 5.32 Å². The molecule has 0 saturated heterocycles. The quantitative estimate of drug-likeness (QED) is 0.875. The van der Waals surface area contributed by atoms with Gasteiger partial charge in [0.15, 0.2) is 0 Å². The molecule has 1 unspecified atom stereocenters. The Balaban J connectivity index is 2.63. The fraction of sp³-hybridized carbons (Fsp3) is 0.364. The highest BCUT2D eigenvalue weighted by molar-refractivity contribution is 6.39. The molecule has 1 amide bonds. The Morgan fingerprint density at radius 2 is 2.00 bits per heavy atom. The molecule has 0 spiro atoms. The number of rotatable bonds is 4. The third kappa shape index (κ3) is 4.00. The number of halogens is 2. The monoisotopic (exact) mass is 260 g/mol. The fourth-order valence-corrected chi connectivity index (χ4v) is 1.67. The summed E-state index contributed by atoms with van der Waals surface area (Å²) in [6, 6.07) is 5.08. The Labute approximate surface area is 105 Å². The average molecular weight is 261 g/mol. The van der Waals surface area contributed by atoms with Crippen LogP contribution in [0.4, 0.5) is 5.69 Å². The lowest BCUT2D eigenvalue weighted by molar-refractivity contribution is -0.116. The Kier molecular flexibility index (Phi) is 5.06. The number of benzene rings is 1. The van der Waals surface area contributed by atoms with E-state index in [9.17, 15) is 4.79 Å². The topological polar surface area (TPSA) is 55.1 Å². The van der Waals surface area contributed by atoms with E-state index in [4.69, 9.17) is 28.9 Å². The van der Waals surface area contributed by atoms with Crippen molar-refractivity contribution in [3.63, 3.8) is 0 Å². The van der Waals surface area contributed by atoms with E-state index in [0.717, 1.165) is 0 Å². The van der Waals surface area contributed by atoms with Crippen LogP contribution in [0, 0.1) is 0 Å². The molecular formula is C11H14Cl2N2O. The Morgan fingerprint density at radius 1 is 1.44 bits per heavy atom. The SMILES string of the molecule is CC(N)CCC(=O)Nc1c(Cl)cccc1Cl. The van der Waals surface area contributed by atoms with Crippen LogP contribution in [-0.2, 0) is 4.79 Å². The van der Waals surface area contributed by atoms with Crippen LogP contribution in [0.25, 0.3) is 0 Å². The maximum Gasteiger partial charge on any atom is 0.224 e. The predicted molar refractivity (Wildman–Crippen MR) is 68.0 cm³/mol. The lowest BCUT2D eigenvalue weighted by Crippen LogP contribution is -2.19. The van der Waals surface area contributed by atoms with Crippen molar-refractivity contribution in [3.05, 3.63) is 28.2 Å². The van der Waals surface area contributed by atoms with E-state index in [1.807, 2.05) is 6.92 Å². The number of para-hydroxylation sites is 1. The molecule has 0 saturated carbocycles. The van der Waals surface area contributed by atoms with Crippen LogP contribution < -0.4 is 11.1 Å². The molecule has 0 aliphatic carbocycles. The molecule has 3 nitrogen and oxygen atoms in total. The van der Waals surface area contributed by atoms with Crippen molar-refractivity contribution in [2.24, 2.45) is 5.73 Å². The fourth-order valence-electron chi connectivity index (χ4n) is 1.18. The van der Waals surface area contributed by atoms with Gasteiger partial charge < -0.3 is 11.1 Å². The second-order valence-corrected chi connectivity index (χ2v) is 4.48. The molecule has 1 aromatic carbocycles. The highest BCUT2D eigenvalue weighted by Crippen LogP contribution is 2.29. The summed E-state index contributed by atoms with van der Waals surface area (Å²) < 4.78 is 0. The van der Waals surface area contributed by atoms with Gasteiger partial charge in [0.05, 0.1) is 15.7 Å². The molecule has 0 bridgehead atoms. The first-order valence-corrected chi connectivity index (χ1v) is 5.75. The molecule has 1 rings (SSSR count). The van der Waals surface area contributed by atoms with Crippen molar-refractivity contribution < 1.29 is 4.79 Å². The number of carbonyl (C=O) groups excluding carboxylic acids is 1. The second-order valence-electron chi connectivity index (χ2n) is 3.66. The van der Waals surface area contributed by atoms with Crippen LogP contribution in [-0.4, -0.2) is 11.9 Å². The summed E-state index contributed by atoms with van der Waals surface area (Å²) >= 11 is 11.8. The Hall–Kier alpha value is -0.770. The molecule has 0 aromatic heterocycles. The molecule has 1 atom stereocenters. The van der Waals surface area contributed by atoms with Gasteiger partial charge >= 0.3 is 0 Å². The van der Waals surface area contributed by atoms with Crippen LogP contribution in [0.3, 0.4) is 0 Å². The lowest BCUT2D eigenvalue weighted by atomic mass is 10.2. The number of hydrogen-bond acceptors (Lipinski definition) is 2. The molecular weight excluding hydrogens is 247 g/mol. The summed E-state index contributed by atoms with van der Waals surface area (Å²) in [5.74, 6) is -0.132. The van der Waals surface area contributed by atoms with Crippen LogP contribution in [0.5, 0.6) is 0 Å². The van der Waals surface area contributed by atoms with Gasteiger partial charge in [-0.2, -0.15) is 0 Å². The van der Waals surface area contributed by atoms with E-state index in [1.165, 1.54) is 0 Å². The number of nitrogens with one attached hydrogen (secondary N) is 1. The second kappa shape index (κ2) is 6.09. The molecule has 0 aliphatic heterocycles. The molecule has 88 valence electrons. The third-order valence-corrected chi connectivity index (χ3v) is 2.68. The molecule has 5 heteroatoms. The number of anilines is 1. The maximum atomic E-state index is 11.5. The minimum atomic E-state index is -0.132. The first-order chi connectivity index (χ1) is 7.50. The Morgan fingerprint density at radius 3 is 2.50 bits per heavy atom. The van der Waals surface area contributed by atoms with E-state index in [0.29, 0.717) is 28.6 Å². The van der Waals surface area contributed by atoms with Gasteiger partial charge in [0, 0.05) is 12.5 Å². The van der Waals surface area contributed by atoms with Crippen LogP contribution in [0.2, 0.25) is 10.0 Å². The number of carbonyl (C=O) groups is 1. The normalized spacial score (nSPS) is 12.2. The smallest absolute Gasteiger partial charge is 0.224 e. The van der Waals surface area contributed by atoms with Crippen molar-refractivity contribution in [1.29, 1.82) is 0 Å². The summed E-state index contributed by atoms with van der Waals surface area (Å²) in [5, 5.41) is 3.54. The van der Waals surface area contributed by atoms with E-state index >= 15 is 0 Å². The van der Waals surface area contributed by atoms with Gasteiger partial charge in [-0.05, 0) is 25.5 Å². The summed E-state index contributed by atoms with van der Waals surface area (Å²) in [6.07, 6.45) is 0.993. The first-order valence-electron chi connectivity index (χ1n) is 5.00. The number of amides is 1. The maximum absolute atomic E-state index is 11.5. The van der Waals surface area contributed by atoms with Crippen LogP contribution in [0.1, 0.15) is 19.8 Å². The molecule has 0 aliphatic rings. The lowest BCUT2D eigenvalue weighted by Gasteiger charge is -2.09. The molecule has 16 heavy (non-hydrogen) atoms. The minimum Gasteiger partial charge on any atom is -0.328 e. The van der Waals surface area contributed by atoms with Gasteiger partial charge in [0.25, 0.3) is 0 Å². The molecule has 1 aromatic rings. The average Bonchev–Trinajstić information content (AvgIpc) is 2.21. The van der Waals surface area contributed by atoms with Gasteiger partial charge in [0.2, 0.25) is 5.91 Å². The van der Waals surface area contributed by atoms with Gasteiger partial charge in [0.1, 0.15) is 0 Å². The zero-order valence-corrected chi connectivity index (χ0v) is 10.5. The van der Waals surface area contributed by atoms with Gasteiger partial charge in [-0.15, -0.1) is 0 Å². The summed E-state index contributed by atoms with van der Waals surface area (Å²) in [5.41, 5.74) is 6.02. The van der Waals surface area contributed by atoms with Crippen molar-refractivity contribution >= 4 is 34.8 Å². The highest BCUT2D eigenvalue weighted by atomic mass is 35.5. The summed E-state index contributed by atoms with van der Waals surface area (Å²) in [6.45, 7) is 1.86. The Bertz CT molecular complexity index is 360. The van der Waals surface area contributed by atoms with Gasteiger partial charge in [-0.25, -0.2) is 0 Å². The third-order valence-electron chi connectivity index (χ3n) is 2.05. The predicted octanol–water partition coefficient (Wildman–Crippen LogP) is 3.06. The first kappa shape index (κ1) is 13.3. The molecule has 0 radical (unpaired) electrons. The highest BCUT2D eigenvalue weighted by Gasteiger charge is 2.09. The van der Waals surface area contributed by atoms with Crippen molar-refractivity contribution in [1.82, 2.24) is 0 Å². The zero-order chi connectivity index (χ0) is 12.1. The number of nitrogens with two attached hydrogens (primary N) is 1. The van der Waals surface area contributed by atoms with E-state index < -0.39 is 0 Å². The van der Waals surface area contributed by atoms with E-state index in [-0.39, 0.29) is 11.9 Å².